The molecule has 0 spiro atoms. The first-order valence-corrected chi connectivity index (χ1v) is 9.00. The van der Waals surface area contributed by atoms with Crippen molar-refractivity contribution in [2.24, 2.45) is 5.73 Å². The third kappa shape index (κ3) is 2.47. The molecule has 2 N–H and O–H groups in total. The standard InChI is InChI=1S/C17H20BrNS/c18-15-12-20-11-14(15)16(19)17(9-5-2-6-10-17)13-7-3-1-4-8-13/h1,3-4,7-8,11-12,16H,2,5-6,9-10,19H2. The van der Waals surface area contributed by atoms with Crippen molar-refractivity contribution < 1.29 is 0 Å². The number of rotatable bonds is 3. The van der Waals surface area contributed by atoms with E-state index in [1.54, 1.807) is 11.3 Å². The van der Waals surface area contributed by atoms with Gasteiger partial charge in [-0.15, -0.1) is 0 Å². The van der Waals surface area contributed by atoms with Crippen LogP contribution in [0.1, 0.15) is 49.3 Å². The van der Waals surface area contributed by atoms with Crippen LogP contribution in [0.3, 0.4) is 0 Å². The third-order valence-corrected chi connectivity index (χ3v) is 6.42. The zero-order chi connectivity index (χ0) is 14.0. The van der Waals surface area contributed by atoms with Gasteiger partial charge in [-0.3, -0.25) is 0 Å². The van der Waals surface area contributed by atoms with E-state index in [4.69, 9.17) is 5.73 Å². The molecule has 1 atom stereocenters. The number of thiophene rings is 1. The molecule has 1 saturated carbocycles. The molecular formula is C17H20BrNS. The molecule has 1 fully saturated rings. The van der Waals surface area contributed by atoms with Gasteiger partial charge in [-0.1, -0.05) is 49.6 Å². The number of hydrogen-bond acceptors (Lipinski definition) is 2. The second kappa shape index (κ2) is 6.00. The van der Waals surface area contributed by atoms with Crippen molar-refractivity contribution in [3.63, 3.8) is 0 Å². The summed E-state index contributed by atoms with van der Waals surface area (Å²) < 4.78 is 1.16. The minimum Gasteiger partial charge on any atom is -0.323 e. The van der Waals surface area contributed by atoms with Gasteiger partial charge in [-0.2, -0.15) is 11.3 Å². The van der Waals surface area contributed by atoms with Gasteiger partial charge in [-0.25, -0.2) is 0 Å². The van der Waals surface area contributed by atoms with E-state index in [0.717, 1.165) is 4.47 Å². The fourth-order valence-corrected chi connectivity index (χ4v) is 5.12. The lowest BCUT2D eigenvalue weighted by molar-refractivity contribution is 0.244. The van der Waals surface area contributed by atoms with Crippen LogP contribution in [0.4, 0.5) is 0 Å². The highest BCUT2D eigenvalue weighted by atomic mass is 79.9. The highest BCUT2D eigenvalue weighted by Gasteiger charge is 2.40. The van der Waals surface area contributed by atoms with Crippen LogP contribution < -0.4 is 5.73 Å². The minimum absolute atomic E-state index is 0.0748. The summed E-state index contributed by atoms with van der Waals surface area (Å²) in [7, 11) is 0. The first-order valence-electron chi connectivity index (χ1n) is 7.27. The molecular weight excluding hydrogens is 330 g/mol. The summed E-state index contributed by atoms with van der Waals surface area (Å²) in [5, 5.41) is 4.34. The normalized spacial score (nSPS) is 19.7. The lowest BCUT2D eigenvalue weighted by atomic mass is 9.64. The van der Waals surface area contributed by atoms with Gasteiger partial charge in [0.05, 0.1) is 0 Å². The van der Waals surface area contributed by atoms with Gasteiger partial charge in [-0.05, 0) is 45.3 Å². The smallest absolute Gasteiger partial charge is 0.0412 e. The summed E-state index contributed by atoms with van der Waals surface area (Å²) in [4.78, 5) is 0. The van der Waals surface area contributed by atoms with Gasteiger partial charge in [0.1, 0.15) is 0 Å². The summed E-state index contributed by atoms with van der Waals surface area (Å²) in [6, 6.07) is 11.0. The van der Waals surface area contributed by atoms with Crippen molar-refractivity contribution >= 4 is 27.3 Å². The minimum atomic E-state index is 0.0748. The summed E-state index contributed by atoms with van der Waals surface area (Å²) in [6.45, 7) is 0. The van der Waals surface area contributed by atoms with Gasteiger partial charge in [0.15, 0.2) is 0 Å². The SMILES string of the molecule is NC(c1cscc1Br)C1(c2ccccc2)CCCCC1. The molecule has 3 heteroatoms. The molecule has 0 radical (unpaired) electrons. The van der Waals surface area contributed by atoms with Crippen LogP contribution >= 0.6 is 27.3 Å². The Balaban J connectivity index is 2.04. The van der Waals surface area contributed by atoms with Crippen molar-refractivity contribution in [1.29, 1.82) is 0 Å². The number of halogens is 1. The van der Waals surface area contributed by atoms with Crippen molar-refractivity contribution in [1.82, 2.24) is 0 Å². The second-order valence-corrected chi connectivity index (χ2v) is 7.33. The summed E-state index contributed by atoms with van der Waals surface area (Å²) >= 11 is 5.39. The fourth-order valence-electron chi connectivity index (χ4n) is 3.54. The fraction of sp³-hybridized carbons (Fsp3) is 0.412. The van der Waals surface area contributed by atoms with E-state index in [0.29, 0.717) is 0 Å². The highest BCUT2D eigenvalue weighted by molar-refractivity contribution is 9.10. The Bertz CT molecular complexity index is 557. The van der Waals surface area contributed by atoms with Crippen LogP contribution in [-0.2, 0) is 5.41 Å². The van der Waals surface area contributed by atoms with Crippen molar-refractivity contribution in [2.45, 2.75) is 43.6 Å². The summed E-state index contributed by atoms with van der Waals surface area (Å²) in [5.41, 5.74) is 9.53. The van der Waals surface area contributed by atoms with E-state index in [2.05, 4.69) is 57.0 Å². The Kier molecular flexibility index (Phi) is 4.29. The van der Waals surface area contributed by atoms with Crippen molar-refractivity contribution in [2.75, 3.05) is 0 Å². The van der Waals surface area contributed by atoms with E-state index >= 15 is 0 Å². The molecule has 1 nitrogen and oxygen atoms in total. The molecule has 1 aliphatic rings. The molecule has 1 unspecified atom stereocenters. The van der Waals surface area contributed by atoms with Crippen LogP contribution in [0, 0.1) is 0 Å². The molecule has 0 amide bonds. The number of benzene rings is 1. The predicted octanol–water partition coefficient (Wildman–Crippen LogP) is 5.41. The molecule has 20 heavy (non-hydrogen) atoms. The van der Waals surface area contributed by atoms with Gasteiger partial charge >= 0.3 is 0 Å². The topological polar surface area (TPSA) is 26.0 Å². The molecule has 3 rings (SSSR count). The van der Waals surface area contributed by atoms with E-state index in [-0.39, 0.29) is 11.5 Å². The number of hydrogen-bond donors (Lipinski definition) is 1. The van der Waals surface area contributed by atoms with E-state index in [1.165, 1.54) is 43.2 Å². The highest BCUT2D eigenvalue weighted by Crippen LogP contribution is 2.48. The maximum absolute atomic E-state index is 6.76. The average Bonchev–Trinajstić information content (AvgIpc) is 2.94. The number of nitrogens with two attached hydrogens (primary N) is 1. The molecule has 1 aromatic carbocycles. The molecule has 106 valence electrons. The molecule has 1 aliphatic carbocycles. The van der Waals surface area contributed by atoms with E-state index in [9.17, 15) is 0 Å². The average molecular weight is 350 g/mol. The Hall–Kier alpha value is -0.640. The van der Waals surface area contributed by atoms with E-state index < -0.39 is 0 Å². The quantitative estimate of drug-likeness (QED) is 0.787. The first-order chi connectivity index (χ1) is 9.74. The van der Waals surface area contributed by atoms with Gasteiger partial charge in [0.25, 0.3) is 0 Å². The summed E-state index contributed by atoms with van der Waals surface area (Å²) in [6.07, 6.45) is 6.29. The predicted molar refractivity (Wildman–Crippen MR) is 90.2 cm³/mol. The lowest BCUT2D eigenvalue weighted by Crippen LogP contribution is -2.40. The maximum Gasteiger partial charge on any atom is 0.0412 e. The molecule has 0 bridgehead atoms. The van der Waals surface area contributed by atoms with Crippen LogP contribution in [0.25, 0.3) is 0 Å². The van der Waals surface area contributed by atoms with Crippen molar-refractivity contribution in [3.05, 3.63) is 56.7 Å². The Morgan fingerprint density at radius 2 is 1.75 bits per heavy atom. The Morgan fingerprint density at radius 3 is 2.35 bits per heavy atom. The monoisotopic (exact) mass is 349 g/mol. The Labute approximate surface area is 133 Å². The molecule has 0 saturated heterocycles. The molecule has 0 aliphatic heterocycles. The van der Waals surface area contributed by atoms with Crippen LogP contribution in [-0.4, -0.2) is 0 Å². The van der Waals surface area contributed by atoms with Crippen LogP contribution in [0.2, 0.25) is 0 Å². The molecule has 2 aromatic rings. The van der Waals surface area contributed by atoms with Gasteiger partial charge in [0.2, 0.25) is 0 Å². The maximum atomic E-state index is 6.76. The van der Waals surface area contributed by atoms with Gasteiger partial charge < -0.3 is 5.73 Å². The van der Waals surface area contributed by atoms with Gasteiger partial charge in [0, 0.05) is 21.3 Å². The zero-order valence-corrected chi connectivity index (χ0v) is 13.9. The molecule has 1 heterocycles. The third-order valence-electron chi connectivity index (χ3n) is 4.67. The largest absolute Gasteiger partial charge is 0.323 e. The second-order valence-electron chi connectivity index (χ2n) is 5.74. The van der Waals surface area contributed by atoms with Crippen LogP contribution in [0.15, 0.2) is 45.6 Å². The Morgan fingerprint density at radius 1 is 1.05 bits per heavy atom. The zero-order valence-electron chi connectivity index (χ0n) is 11.5. The van der Waals surface area contributed by atoms with Crippen molar-refractivity contribution in [3.8, 4) is 0 Å². The summed E-state index contributed by atoms with van der Waals surface area (Å²) in [5.74, 6) is 0. The van der Waals surface area contributed by atoms with E-state index in [1.807, 2.05) is 0 Å². The first kappa shape index (κ1) is 14.3. The molecule has 1 aromatic heterocycles. The van der Waals surface area contributed by atoms with Crippen LogP contribution in [0.5, 0.6) is 0 Å². The lowest BCUT2D eigenvalue weighted by Gasteiger charge is -2.42.